The van der Waals surface area contributed by atoms with Gasteiger partial charge >= 0.3 is 0 Å². The first-order valence-electron chi connectivity index (χ1n) is 5.49. The zero-order valence-electron chi connectivity index (χ0n) is 9.71. The predicted octanol–water partition coefficient (Wildman–Crippen LogP) is 5.15. The Morgan fingerprint density at radius 2 is 2.22 bits per heavy atom. The van der Waals surface area contributed by atoms with Gasteiger partial charge in [0.1, 0.15) is 10.2 Å². The minimum absolute atomic E-state index is 0.0975. The quantitative estimate of drug-likeness (QED) is 0.805. The smallest absolute Gasteiger partial charge is 0.123 e. The van der Waals surface area contributed by atoms with E-state index in [-0.39, 0.29) is 11.9 Å². The molecular formula is C13H12BrClFNS. The van der Waals surface area contributed by atoms with Gasteiger partial charge in [0.15, 0.2) is 0 Å². The highest BCUT2D eigenvalue weighted by Crippen LogP contribution is 2.32. The van der Waals surface area contributed by atoms with Gasteiger partial charge in [-0.05, 0) is 46.6 Å². The number of hydrogen-bond donors (Lipinski definition) is 1. The molecule has 0 fully saturated rings. The molecule has 0 spiro atoms. The topological polar surface area (TPSA) is 12.0 Å². The Balaban J connectivity index is 1.98. The van der Waals surface area contributed by atoms with Gasteiger partial charge in [-0.3, -0.25) is 0 Å². The average Bonchev–Trinajstić information content (AvgIpc) is 2.66. The van der Waals surface area contributed by atoms with E-state index in [4.69, 9.17) is 11.6 Å². The van der Waals surface area contributed by atoms with Gasteiger partial charge in [0.25, 0.3) is 0 Å². The van der Waals surface area contributed by atoms with Crippen molar-refractivity contribution >= 4 is 38.9 Å². The zero-order valence-corrected chi connectivity index (χ0v) is 12.9. The summed E-state index contributed by atoms with van der Waals surface area (Å²) in [6.07, 6.45) is 0. The lowest BCUT2D eigenvalue weighted by Crippen LogP contribution is -2.17. The Hall–Kier alpha value is -0.420. The highest BCUT2D eigenvalue weighted by Gasteiger charge is 2.08. The molecule has 1 N–H and O–H groups in total. The van der Waals surface area contributed by atoms with Crippen molar-refractivity contribution in [1.29, 1.82) is 0 Å². The maximum Gasteiger partial charge on any atom is 0.123 e. The summed E-state index contributed by atoms with van der Waals surface area (Å²) in [5, 5.41) is 3.35. The Bertz CT molecular complexity index is 524. The number of halogens is 3. The number of hydrogen-bond acceptors (Lipinski definition) is 2. The molecule has 1 aromatic carbocycles. The van der Waals surface area contributed by atoms with Gasteiger partial charge < -0.3 is 5.32 Å². The van der Waals surface area contributed by atoms with Crippen LogP contribution in [-0.4, -0.2) is 0 Å². The van der Waals surface area contributed by atoms with E-state index in [9.17, 15) is 4.39 Å². The largest absolute Gasteiger partial charge is 0.305 e. The van der Waals surface area contributed by atoms with Gasteiger partial charge in [0.05, 0.1) is 0 Å². The Kier molecular flexibility index (Phi) is 4.78. The van der Waals surface area contributed by atoms with Gasteiger partial charge in [-0.2, -0.15) is 0 Å². The van der Waals surface area contributed by atoms with Crippen LogP contribution in [0.1, 0.15) is 23.4 Å². The molecule has 1 nitrogen and oxygen atoms in total. The Morgan fingerprint density at radius 3 is 2.83 bits per heavy atom. The fourth-order valence-corrected chi connectivity index (χ4v) is 3.37. The second kappa shape index (κ2) is 6.15. The summed E-state index contributed by atoms with van der Waals surface area (Å²) in [5.74, 6) is -0.205. The van der Waals surface area contributed by atoms with Crippen LogP contribution in [0.2, 0.25) is 4.34 Å². The third-order valence-electron chi connectivity index (χ3n) is 2.63. The van der Waals surface area contributed by atoms with Crippen LogP contribution < -0.4 is 5.32 Å². The van der Waals surface area contributed by atoms with Crippen LogP contribution in [-0.2, 0) is 6.54 Å². The summed E-state index contributed by atoms with van der Waals surface area (Å²) in [6.45, 7) is 2.73. The molecule has 0 aliphatic heterocycles. The van der Waals surface area contributed by atoms with Crippen LogP contribution >= 0.6 is 38.9 Å². The van der Waals surface area contributed by atoms with Crippen molar-refractivity contribution in [2.24, 2.45) is 0 Å². The fraction of sp³-hybridized carbons (Fsp3) is 0.231. The van der Waals surface area contributed by atoms with Crippen molar-refractivity contribution in [1.82, 2.24) is 5.32 Å². The highest BCUT2D eigenvalue weighted by molar-refractivity contribution is 9.10. The lowest BCUT2D eigenvalue weighted by atomic mass is 10.1. The minimum atomic E-state index is -0.205. The molecule has 1 unspecified atom stereocenters. The molecule has 0 saturated heterocycles. The number of benzene rings is 1. The van der Waals surface area contributed by atoms with Gasteiger partial charge in [0.2, 0.25) is 0 Å². The van der Waals surface area contributed by atoms with Crippen LogP contribution in [0, 0.1) is 5.82 Å². The van der Waals surface area contributed by atoms with E-state index in [2.05, 4.69) is 21.2 Å². The Morgan fingerprint density at radius 1 is 1.44 bits per heavy atom. The standard InChI is InChI=1S/C13H12BrClFNS/c1-8(9-3-2-4-10(16)5-9)17-7-11-6-12(14)13(15)18-11/h2-6,8,17H,7H2,1H3. The summed E-state index contributed by atoms with van der Waals surface area (Å²) in [6, 6.07) is 8.74. The number of thiophene rings is 1. The molecule has 96 valence electrons. The maximum absolute atomic E-state index is 13.1. The SMILES string of the molecule is CC(NCc1cc(Br)c(Cl)s1)c1cccc(F)c1. The summed E-state index contributed by atoms with van der Waals surface area (Å²) in [7, 11) is 0. The second-order valence-corrected chi connectivity index (χ2v) is 6.59. The van der Waals surface area contributed by atoms with Crippen LogP contribution in [0.5, 0.6) is 0 Å². The lowest BCUT2D eigenvalue weighted by molar-refractivity contribution is 0.568. The minimum Gasteiger partial charge on any atom is -0.305 e. The Labute approximate surface area is 123 Å². The van der Waals surface area contributed by atoms with E-state index in [1.165, 1.54) is 17.4 Å². The van der Waals surface area contributed by atoms with Gasteiger partial charge in [0, 0.05) is 21.9 Å². The lowest BCUT2D eigenvalue weighted by Gasteiger charge is -2.13. The summed E-state index contributed by atoms with van der Waals surface area (Å²) >= 11 is 10.9. The maximum atomic E-state index is 13.1. The summed E-state index contributed by atoms with van der Waals surface area (Å²) < 4.78 is 14.8. The predicted molar refractivity (Wildman–Crippen MR) is 78.7 cm³/mol. The molecule has 2 aromatic rings. The van der Waals surface area contributed by atoms with Gasteiger partial charge in [-0.25, -0.2) is 4.39 Å². The molecule has 0 amide bonds. The first-order chi connectivity index (χ1) is 8.56. The van der Waals surface area contributed by atoms with Crippen LogP contribution in [0.3, 0.4) is 0 Å². The molecule has 1 aromatic heterocycles. The molecule has 0 aliphatic rings. The molecular weight excluding hydrogens is 337 g/mol. The van der Waals surface area contributed by atoms with E-state index >= 15 is 0 Å². The van der Waals surface area contributed by atoms with Crippen molar-refractivity contribution in [2.75, 3.05) is 0 Å². The molecule has 2 rings (SSSR count). The first kappa shape index (κ1) is 14.0. The molecule has 1 atom stereocenters. The van der Waals surface area contributed by atoms with E-state index in [0.717, 1.165) is 19.2 Å². The molecule has 18 heavy (non-hydrogen) atoms. The highest BCUT2D eigenvalue weighted by atomic mass is 79.9. The van der Waals surface area contributed by atoms with Crippen molar-refractivity contribution in [2.45, 2.75) is 19.5 Å². The first-order valence-corrected chi connectivity index (χ1v) is 7.47. The van der Waals surface area contributed by atoms with Crippen molar-refractivity contribution < 1.29 is 4.39 Å². The van der Waals surface area contributed by atoms with E-state index in [1.807, 2.05) is 19.1 Å². The van der Waals surface area contributed by atoms with Crippen LogP contribution in [0.15, 0.2) is 34.8 Å². The van der Waals surface area contributed by atoms with E-state index < -0.39 is 0 Å². The average molecular weight is 349 g/mol. The number of rotatable bonds is 4. The molecule has 0 saturated carbocycles. The van der Waals surface area contributed by atoms with Crippen LogP contribution in [0.25, 0.3) is 0 Å². The van der Waals surface area contributed by atoms with E-state index in [0.29, 0.717) is 6.54 Å². The van der Waals surface area contributed by atoms with Crippen molar-refractivity contribution in [3.63, 3.8) is 0 Å². The third kappa shape index (κ3) is 3.54. The summed E-state index contributed by atoms with van der Waals surface area (Å²) in [4.78, 5) is 1.15. The molecule has 0 bridgehead atoms. The molecule has 5 heteroatoms. The van der Waals surface area contributed by atoms with E-state index in [1.54, 1.807) is 12.1 Å². The molecule has 1 heterocycles. The van der Waals surface area contributed by atoms with Gasteiger partial charge in [-0.1, -0.05) is 23.7 Å². The molecule has 0 radical (unpaired) electrons. The third-order valence-corrected chi connectivity index (χ3v) is 5.10. The monoisotopic (exact) mass is 347 g/mol. The van der Waals surface area contributed by atoms with Gasteiger partial charge in [-0.15, -0.1) is 11.3 Å². The second-order valence-electron chi connectivity index (χ2n) is 3.99. The van der Waals surface area contributed by atoms with Crippen molar-refractivity contribution in [3.05, 3.63) is 55.4 Å². The van der Waals surface area contributed by atoms with Crippen molar-refractivity contribution in [3.8, 4) is 0 Å². The zero-order chi connectivity index (χ0) is 13.1. The molecule has 0 aliphatic carbocycles. The normalized spacial score (nSPS) is 12.7. The fourth-order valence-electron chi connectivity index (χ4n) is 1.63. The number of nitrogens with one attached hydrogen (secondary N) is 1. The summed E-state index contributed by atoms with van der Waals surface area (Å²) in [5.41, 5.74) is 0.941. The van der Waals surface area contributed by atoms with Crippen LogP contribution in [0.4, 0.5) is 4.39 Å².